The summed E-state index contributed by atoms with van der Waals surface area (Å²) in [5.41, 5.74) is 1.09. The molecule has 1 amide bonds. The van der Waals surface area contributed by atoms with Gasteiger partial charge in [0.25, 0.3) is 0 Å². The minimum Gasteiger partial charge on any atom is -0.497 e. The predicted molar refractivity (Wildman–Crippen MR) is 106 cm³/mol. The van der Waals surface area contributed by atoms with Crippen molar-refractivity contribution < 1.29 is 13.9 Å². The Morgan fingerprint density at radius 2 is 2.07 bits per heavy atom. The summed E-state index contributed by atoms with van der Waals surface area (Å²) in [5.74, 6) is 0.879. The molecule has 1 fully saturated rings. The van der Waals surface area contributed by atoms with Gasteiger partial charge in [-0.15, -0.1) is 10.2 Å². The number of amides is 1. The number of nitrogens with one attached hydrogen (secondary N) is 1. The molecular weight excluding hydrogens is 379 g/mol. The summed E-state index contributed by atoms with van der Waals surface area (Å²) < 4.78 is 21.3. The Labute approximate surface area is 166 Å². The lowest BCUT2D eigenvalue weighted by Crippen LogP contribution is -2.14. The fourth-order valence-electron chi connectivity index (χ4n) is 2.89. The van der Waals surface area contributed by atoms with Crippen molar-refractivity contribution in [3.05, 3.63) is 54.3 Å². The highest BCUT2D eigenvalue weighted by molar-refractivity contribution is 7.99. The summed E-state index contributed by atoms with van der Waals surface area (Å²) in [6.07, 6.45) is 2.01. The smallest absolute Gasteiger partial charge is 0.234 e. The van der Waals surface area contributed by atoms with Gasteiger partial charge in [-0.1, -0.05) is 30.0 Å². The van der Waals surface area contributed by atoms with Gasteiger partial charge in [0.1, 0.15) is 11.6 Å². The lowest BCUT2D eigenvalue weighted by Gasteiger charge is -2.10. The molecule has 0 aliphatic heterocycles. The van der Waals surface area contributed by atoms with E-state index in [1.807, 2.05) is 16.7 Å². The van der Waals surface area contributed by atoms with Crippen LogP contribution < -0.4 is 10.1 Å². The van der Waals surface area contributed by atoms with Crippen molar-refractivity contribution in [3.63, 3.8) is 0 Å². The van der Waals surface area contributed by atoms with Crippen LogP contribution in [0.4, 0.5) is 10.1 Å². The highest BCUT2D eigenvalue weighted by atomic mass is 32.2. The van der Waals surface area contributed by atoms with E-state index in [0.29, 0.717) is 28.0 Å². The fourth-order valence-corrected chi connectivity index (χ4v) is 3.70. The Bertz CT molecular complexity index is 1000. The number of rotatable bonds is 7. The van der Waals surface area contributed by atoms with Gasteiger partial charge in [0.2, 0.25) is 5.91 Å². The lowest BCUT2D eigenvalue weighted by atomic mass is 10.2. The van der Waals surface area contributed by atoms with Crippen LogP contribution in [-0.2, 0) is 4.79 Å². The van der Waals surface area contributed by atoms with Crippen molar-refractivity contribution in [3.8, 4) is 17.1 Å². The van der Waals surface area contributed by atoms with E-state index >= 15 is 0 Å². The van der Waals surface area contributed by atoms with Crippen LogP contribution in [0, 0.1) is 5.82 Å². The molecule has 0 atom stereocenters. The number of aromatic nitrogens is 3. The molecule has 6 nitrogen and oxygen atoms in total. The third-order valence-corrected chi connectivity index (χ3v) is 5.32. The molecule has 1 aromatic heterocycles. The van der Waals surface area contributed by atoms with Gasteiger partial charge in [-0.05, 0) is 37.1 Å². The number of carbonyl (C=O) groups is 1. The summed E-state index contributed by atoms with van der Waals surface area (Å²) >= 11 is 1.30. The third-order valence-electron chi connectivity index (χ3n) is 4.38. The molecule has 144 valence electrons. The number of nitrogens with zero attached hydrogens (tertiary/aromatic N) is 3. The molecule has 1 N–H and O–H groups in total. The maximum atomic E-state index is 14.2. The monoisotopic (exact) mass is 398 g/mol. The zero-order valence-electron chi connectivity index (χ0n) is 15.3. The minimum atomic E-state index is -0.330. The molecule has 8 heteroatoms. The summed E-state index contributed by atoms with van der Waals surface area (Å²) in [4.78, 5) is 12.3. The van der Waals surface area contributed by atoms with Gasteiger partial charge in [0.15, 0.2) is 11.0 Å². The second-order valence-corrected chi connectivity index (χ2v) is 7.40. The molecule has 4 rings (SSSR count). The number of carbonyl (C=O) groups excluding carboxylic acids is 1. The first kappa shape index (κ1) is 18.5. The largest absolute Gasteiger partial charge is 0.497 e. The van der Waals surface area contributed by atoms with Crippen LogP contribution in [0.25, 0.3) is 11.4 Å². The molecule has 1 aliphatic carbocycles. The van der Waals surface area contributed by atoms with Gasteiger partial charge < -0.3 is 10.1 Å². The molecule has 0 spiro atoms. The summed E-state index contributed by atoms with van der Waals surface area (Å²) in [7, 11) is 1.58. The number of ether oxygens (including phenoxy) is 1. The molecule has 2 aromatic carbocycles. The number of thioether (sulfide) groups is 1. The highest BCUT2D eigenvalue weighted by Crippen LogP contribution is 2.41. The Morgan fingerprint density at radius 3 is 2.82 bits per heavy atom. The maximum absolute atomic E-state index is 14.2. The average molecular weight is 398 g/mol. The van der Waals surface area contributed by atoms with Crippen molar-refractivity contribution in [2.24, 2.45) is 0 Å². The Hall–Kier alpha value is -2.87. The topological polar surface area (TPSA) is 69.0 Å². The first-order chi connectivity index (χ1) is 13.7. The molecule has 0 saturated heterocycles. The quantitative estimate of drug-likeness (QED) is 0.605. The number of methoxy groups -OCH3 is 1. The number of benzene rings is 2. The molecule has 1 aliphatic rings. The number of hydrogen-bond acceptors (Lipinski definition) is 5. The standard InChI is InChI=1S/C20H19FN4O2S/c1-27-15-6-4-5-13(11-15)22-18(26)12-28-20-24-23-19(25(20)14-9-10-14)16-7-2-3-8-17(16)21/h2-8,11,14H,9-10,12H2,1H3,(H,22,26). The molecule has 0 bridgehead atoms. The first-order valence-electron chi connectivity index (χ1n) is 8.92. The third kappa shape index (κ3) is 4.01. The van der Waals surface area contributed by atoms with E-state index in [2.05, 4.69) is 15.5 Å². The summed E-state index contributed by atoms with van der Waals surface area (Å²) in [6.45, 7) is 0. The molecule has 0 radical (unpaired) electrons. The van der Waals surface area contributed by atoms with Crippen molar-refractivity contribution in [1.29, 1.82) is 0 Å². The van der Waals surface area contributed by atoms with Crippen LogP contribution >= 0.6 is 11.8 Å². The number of anilines is 1. The predicted octanol–water partition coefficient (Wildman–Crippen LogP) is 4.16. The Kier molecular flexibility index (Phi) is 5.29. The van der Waals surface area contributed by atoms with Crippen molar-refractivity contribution >= 4 is 23.4 Å². The Morgan fingerprint density at radius 1 is 1.25 bits per heavy atom. The Balaban J connectivity index is 1.48. The number of hydrogen-bond donors (Lipinski definition) is 1. The van der Waals surface area contributed by atoms with Crippen LogP contribution in [0.3, 0.4) is 0 Å². The molecule has 1 saturated carbocycles. The van der Waals surface area contributed by atoms with Crippen LogP contribution in [0.2, 0.25) is 0 Å². The zero-order valence-corrected chi connectivity index (χ0v) is 16.1. The van der Waals surface area contributed by atoms with E-state index in [1.54, 1.807) is 37.4 Å². The molecular formula is C20H19FN4O2S. The summed E-state index contributed by atoms with van der Waals surface area (Å²) in [6, 6.07) is 14.0. The SMILES string of the molecule is COc1cccc(NC(=O)CSc2nnc(-c3ccccc3F)n2C2CC2)c1. The van der Waals surface area contributed by atoms with Gasteiger partial charge in [-0.25, -0.2) is 4.39 Å². The second kappa shape index (κ2) is 8.02. The second-order valence-electron chi connectivity index (χ2n) is 6.46. The van der Waals surface area contributed by atoms with E-state index < -0.39 is 0 Å². The molecule has 1 heterocycles. The van der Waals surface area contributed by atoms with Gasteiger partial charge in [-0.2, -0.15) is 0 Å². The molecule has 3 aromatic rings. The van der Waals surface area contributed by atoms with Crippen LogP contribution in [0.5, 0.6) is 5.75 Å². The van der Waals surface area contributed by atoms with Crippen LogP contribution in [0.1, 0.15) is 18.9 Å². The summed E-state index contributed by atoms with van der Waals surface area (Å²) in [5, 5.41) is 11.9. The van der Waals surface area contributed by atoms with E-state index in [-0.39, 0.29) is 23.5 Å². The number of halogens is 1. The molecule has 28 heavy (non-hydrogen) atoms. The average Bonchev–Trinajstić information content (AvgIpc) is 3.46. The molecule has 0 unspecified atom stereocenters. The van der Waals surface area contributed by atoms with Crippen LogP contribution in [-0.4, -0.2) is 33.5 Å². The van der Waals surface area contributed by atoms with Crippen LogP contribution in [0.15, 0.2) is 53.7 Å². The van der Waals surface area contributed by atoms with Gasteiger partial charge >= 0.3 is 0 Å². The normalized spacial score (nSPS) is 13.4. The van der Waals surface area contributed by atoms with Gasteiger partial charge in [-0.3, -0.25) is 9.36 Å². The van der Waals surface area contributed by atoms with Crippen molar-refractivity contribution in [2.75, 3.05) is 18.2 Å². The van der Waals surface area contributed by atoms with Crippen molar-refractivity contribution in [2.45, 2.75) is 24.0 Å². The van der Waals surface area contributed by atoms with Gasteiger partial charge in [0.05, 0.1) is 18.4 Å². The first-order valence-corrected chi connectivity index (χ1v) is 9.91. The zero-order chi connectivity index (χ0) is 19.5. The van der Waals surface area contributed by atoms with Gasteiger partial charge in [0, 0.05) is 17.8 Å². The highest BCUT2D eigenvalue weighted by Gasteiger charge is 2.31. The fraction of sp³-hybridized carbons (Fsp3) is 0.250. The lowest BCUT2D eigenvalue weighted by molar-refractivity contribution is -0.113. The van der Waals surface area contributed by atoms with E-state index in [4.69, 9.17) is 4.74 Å². The van der Waals surface area contributed by atoms with E-state index in [0.717, 1.165) is 12.8 Å². The minimum absolute atomic E-state index is 0.156. The van der Waals surface area contributed by atoms with Crippen molar-refractivity contribution in [1.82, 2.24) is 14.8 Å². The van der Waals surface area contributed by atoms with E-state index in [1.165, 1.54) is 17.8 Å². The van der Waals surface area contributed by atoms with E-state index in [9.17, 15) is 9.18 Å². The maximum Gasteiger partial charge on any atom is 0.234 e.